The molecule has 1 fully saturated rings. The van der Waals surface area contributed by atoms with Gasteiger partial charge in [-0.15, -0.1) is 5.92 Å². The lowest BCUT2D eigenvalue weighted by Crippen LogP contribution is -1.86. The Hall–Kier alpha value is -0.0900. The molecule has 0 N–H and O–H groups in total. The molecule has 0 atom stereocenters. The zero-order valence-electron chi connectivity index (χ0n) is 15.0. The topological polar surface area (TPSA) is 0 Å². The van der Waals surface area contributed by atoms with E-state index in [1.807, 2.05) is 0 Å². The van der Waals surface area contributed by atoms with E-state index in [-0.39, 0.29) is 0 Å². The molecule has 0 radical (unpaired) electrons. The summed E-state index contributed by atoms with van der Waals surface area (Å²) < 4.78 is 0. The molecule has 0 saturated heterocycles. The Kier molecular flexibility index (Phi) is 14.3. The second kappa shape index (κ2) is 15.8. The fourth-order valence-corrected chi connectivity index (χ4v) is 4.09. The summed E-state index contributed by atoms with van der Waals surface area (Å²) in [5.41, 5.74) is 0. The van der Waals surface area contributed by atoms with Crippen molar-refractivity contribution in [2.45, 2.75) is 103 Å². The molecule has 0 heterocycles. The van der Waals surface area contributed by atoms with Crippen LogP contribution in [0.15, 0.2) is 0 Å². The molecule has 0 nitrogen and oxygen atoms in total. The molecule has 0 unspecified atom stereocenters. The number of hydrogen-bond acceptors (Lipinski definition) is 1. The highest BCUT2D eigenvalue weighted by atomic mass is 32.2. The van der Waals surface area contributed by atoms with Crippen LogP contribution in [0.2, 0.25) is 0 Å². The zero-order chi connectivity index (χ0) is 15.7. The van der Waals surface area contributed by atoms with Crippen molar-refractivity contribution in [3.05, 3.63) is 0 Å². The van der Waals surface area contributed by atoms with Gasteiger partial charge in [0.15, 0.2) is 0 Å². The van der Waals surface area contributed by atoms with Gasteiger partial charge in [0.05, 0.1) is 0 Å². The first-order chi connectivity index (χ1) is 10.9. The van der Waals surface area contributed by atoms with Crippen LogP contribution in [0.3, 0.4) is 0 Å². The summed E-state index contributed by atoms with van der Waals surface area (Å²) in [6.07, 6.45) is 20.9. The third kappa shape index (κ3) is 12.5. The van der Waals surface area contributed by atoms with Crippen molar-refractivity contribution in [2.24, 2.45) is 5.92 Å². The minimum atomic E-state index is 0.750. The third-order valence-electron chi connectivity index (χ3n) is 4.60. The number of hydrogen-bond donors (Lipinski definition) is 0. The maximum absolute atomic E-state index is 3.47. The highest BCUT2D eigenvalue weighted by molar-refractivity contribution is 7.99. The molecular formula is C21H38S. The zero-order valence-corrected chi connectivity index (χ0v) is 15.8. The fourth-order valence-electron chi connectivity index (χ4n) is 3.19. The summed E-state index contributed by atoms with van der Waals surface area (Å²) in [5.74, 6) is 10.4. The second-order valence-electron chi connectivity index (χ2n) is 6.85. The van der Waals surface area contributed by atoms with Gasteiger partial charge in [0.25, 0.3) is 0 Å². The molecule has 0 aromatic carbocycles. The Bertz CT molecular complexity index is 280. The van der Waals surface area contributed by atoms with Crippen LogP contribution in [0.4, 0.5) is 0 Å². The fraction of sp³-hybridized carbons (Fsp3) is 0.905. The van der Waals surface area contributed by atoms with Crippen molar-refractivity contribution in [3.63, 3.8) is 0 Å². The lowest BCUT2D eigenvalue weighted by molar-refractivity contribution is 0.568. The van der Waals surface area contributed by atoms with Crippen LogP contribution in [0.1, 0.15) is 103 Å². The van der Waals surface area contributed by atoms with E-state index in [1.165, 1.54) is 101 Å². The molecule has 0 aromatic heterocycles. The first-order valence-electron chi connectivity index (χ1n) is 9.99. The van der Waals surface area contributed by atoms with Gasteiger partial charge in [-0.05, 0) is 43.6 Å². The highest BCUT2D eigenvalue weighted by Crippen LogP contribution is 2.23. The van der Waals surface area contributed by atoms with Crippen molar-refractivity contribution in [2.75, 3.05) is 11.5 Å². The lowest BCUT2D eigenvalue weighted by atomic mass is 10.1. The van der Waals surface area contributed by atoms with Gasteiger partial charge >= 0.3 is 0 Å². The van der Waals surface area contributed by atoms with Crippen LogP contribution in [0.25, 0.3) is 0 Å². The third-order valence-corrected chi connectivity index (χ3v) is 5.87. The molecule has 128 valence electrons. The minimum Gasteiger partial charge on any atom is -0.162 e. The minimum absolute atomic E-state index is 0.750. The molecule has 1 rings (SSSR count). The molecule has 0 bridgehead atoms. The normalized spacial score (nSPS) is 15.0. The maximum Gasteiger partial charge on any atom is 0.0202 e. The van der Waals surface area contributed by atoms with Crippen LogP contribution in [-0.4, -0.2) is 11.5 Å². The monoisotopic (exact) mass is 322 g/mol. The Labute approximate surface area is 144 Å². The Morgan fingerprint density at radius 1 is 0.773 bits per heavy atom. The van der Waals surface area contributed by atoms with Crippen molar-refractivity contribution >= 4 is 11.8 Å². The average Bonchev–Trinajstić information content (AvgIpc) is 3.04. The van der Waals surface area contributed by atoms with Crippen LogP contribution in [-0.2, 0) is 0 Å². The van der Waals surface area contributed by atoms with E-state index >= 15 is 0 Å². The van der Waals surface area contributed by atoms with Gasteiger partial charge in [-0.2, -0.15) is 11.8 Å². The van der Waals surface area contributed by atoms with Gasteiger partial charge in [0.1, 0.15) is 0 Å². The number of unbranched alkanes of at least 4 members (excludes halogenated alkanes) is 9. The van der Waals surface area contributed by atoms with E-state index in [0.717, 1.165) is 12.3 Å². The average molecular weight is 323 g/mol. The van der Waals surface area contributed by atoms with Gasteiger partial charge in [0, 0.05) is 12.3 Å². The molecule has 1 aliphatic carbocycles. The molecule has 1 heteroatoms. The molecule has 1 saturated carbocycles. The molecule has 0 aromatic rings. The van der Waals surface area contributed by atoms with Crippen LogP contribution >= 0.6 is 11.8 Å². The molecule has 0 amide bonds. The van der Waals surface area contributed by atoms with Gasteiger partial charge in [-0.25, -0.2) is 0 Å². The smallest absolute Gasteiger partial charge is 0.0202 e. The van der Waals surface area contributed by atoms with E-state index < -0.39 is 0 Å². The maximum atomic E-state index is 3.47. The molecular weight excluding hydrogens is 284 g/mol. The van der Waals surface area contributed by atoms with Gasteiger partial charge < -0.3 is 0 Å². The summed E-state index contributed by atoms with van der Waals surface area (Å²) >= 11 is 2.13. The Morgan fingerprint density at radius 3 is 2.00 bits per heavy atom. The molecule has 0 spiro atoms. The van der Waals surface area contributed by atoms with Gasteiger partial charge in [-0.3, -0.25) is 0 Å². The van der Waals surface area contributed by atoms with Gasteiger partial charge in [0.2, 0.25) is 0 Å². The Balaban J connectivity index is 1.71. The Morgan fingerprint density at radius 2 is 1.36 bits per heavy atom. The summed E-state index contributed by atoms with van der Waals surface area (Å²) in [6.45, 7) is 2.27. The van der Waals surface area contributed by atoms with Crippen LogP contribution in [0.5, 0.6) is 0 Å². The summed E-state index contributed by atoms with van der Waals surface area (Å²) in [6, 6.07) is 0. The predicted molar refractivity (Wildman–Crippen MR) is 104 cm³/mol. The second-order valence-corrected chi connectivity index (χ2v) is 8.07. The van der Waals surface area contributed by atoms with Crippen molar-refractivity contribution < 1.29 is 0 Å². The molecule has 0 aliphatic heterocycles. The lowest BCUT2D eigenvalue weighted by Gasteiger charge is -2.02. The predicted octanol–water partition coefficient (Wildman–Crippen LogP) is 7.22. The van der Waals surface area contributed by atoms with Crippen LogP contribution in [0, 0.1) is 17.8 Å². The highest BCUT2D eigenvalue weighted by Gasteiger charge is 2.10. The molecule has 1 aliphatic rings. The van der Waals surface area contributed by atoms with E-state index in [0.29, 0.717) is 0 Å². The SMILES string of the molecule is CCCSCCCCCCCCCCCC#CC1CCCC1. The van der Waals surface area contributed by atoms with Crippen LogP contribution < -0.4 is 0 Å². The number of rotatable bonds is 13. The standard InChI is InChI=1S/C21H38S/c1-2-19-22-20-15-11-9-7-5-3-4-6-8-10-12-16-21-17-13-14-18-21/h21H,2-11,13-15,17-20H2,1H3. The quantitative estimate of drug-likeness (QED) is 0.255. The largest absolute Gasteiger partial charge is 0.162 e. The van der Waals surface area contributed by atoms with Crippen molar-refractivity contribution in [3.8, 4) is 11.8 Å². The summed E-state index contributed by atoms with van der Waals surface area (Å²) in [5, 5.41) is 0. The van der Waals surface area contributed by atoms with E-state index in [1.54, 1.807) is 0 Å². The van der Waals surface area contributed by atoms with Crippen molar-refractivity contribution in [1.82, 2.24) is 0 Å². The van der Waals surface area contributed by atoms with Crippen molar-refractivity contribution in [1.29, 1.82) is 0 Å². The summed E-state index contributed by atoms with van der Waals surface area (Å²) in [7, 11) is 0. The van der Waals surface area contributed by atoms with E-state index in [9.17, 15) is 0 Å². The number of thioether (sulfide) groups is 1. The van der Waals surface area contributed by atoms with E-state index in [4.69, 9.17) is 0 Å². The van der Waals surface area contributed by atoms with Gasteiger partial charge in [-0.1, -0.05) is 70.6 Å². The molecule has 22 heavy (non-hydrogen) atoms. The first-order valence-corrected chi connectivity index (χ1v) is 11.1. The van der Waals surface area contributed by atoms with E-state index in [2.05, 4.69) is 30.5 Å². The summed E-state index contributed by atoms with van der Waals surface area (Å²) in [4.78, 5) is 0. The first kappa shape index (κ1) is 20.0.